The van der Waals surface area contributed by atoms with Gasteiger partial charge in [0.1, 0.15) is 12.4 Å². The van der Waals surface area contributed by atoms with Crippen LogP contribution in [0.1, 0.15) is 25.5 Å². The first-order chi connectivity index (χ1) is 7.15. The number of rotatable bonds is 5. The molecule has 0 saturated heterocycles. The van der Waals surface area contributed by atoms with Crippen molar-refractivity contribution < 1.29 is 14.6 Å². The summed E-state index contributed by atoms with van der Waals surface area (Å²) in [5.41, 5.74) is 0.806. The van der Waals surface area contributed by atoms with E-state index >= 15 is 0 Å². The standard InChI is InChI=1S/C12H18O3/c1-9(14-3)8-15-12-7-5-4-6-11(12)10(2)13/h4-7,9-10,13H,8H2,1-3H3/t9?,10-/m1/s1. The third-order valence-corrected chi connectivity index (χ3v) is 2.25. The Bertz CT molecular complexity index is 297. The molecule has 1 aromatic rings. The van der Waals surface area contributed by atoms with E-state index in [9.17, 15) is 5.11 Å². The normalized spacial score (nSPS) is 14.7. The van der Waals surface area contributed by atoms with Crippen LogP contribution in [-0.4, -0.2) is 24.9 Å². The molecule has 1 unspecified atom stereocenters. The van der Waals surface area contributed by atoms with Gasteiger partial charge < -0.3 is 14.6 Å². The van der Waals surface area contributed by atoms with Gasteiger partial charge in [-0.05, 0) is 19.9 Å². The van der Waals surface area contributed by atoms with E-state index in [1.165, 1.54) is 0 Å². The van der Waals surface area contributed by atoms with Crippen molar-refractivity contribution in [3.8, 4) is 5.75 Å². The highest BCUT2D eigenvalue weighted by Gasteiger charge is 2.09. The van der Waals surface area contributed by atoms with E-state index in [4.69, 9.17) is 9.47 Å². The summed E-state index contributed by atoms with van der Waals surface area (Å²) in [7, 11) is 1.65. The number of benzene rings is 1. The van der Waals surface area contributed by atoms with Gasteiger partial charge in [0.2, 0.25) is 0 Å². The Morgan fingerprint density at radius 1 is 1.27 bits per heavy atom. The molecule has 0 fully saturated rings. The maximum atomic E-state index is 9.52. The van der Waals surface area contributed by atoms with E-state index in [-0.39, 0.29) is 6.10 Å². The summed E-state index contributed by atoms with van der Waals surface area (Å²) < 4.78 is 10.7. The highest BCUT2D eigenvalue weighted by atomic mass is 16.5. The van der Waals surface area contributed by atoms with Gasteiger partial charge in [0.05, 0.1) is 12.2 Å². The Morgan fingerprint density at radius 3 is 2.53 bits per heavy atom. The lowest BCUT2D eigenvalue weighted by molar-refractivity contribution is 0.0700. The van der Waals surface area contributed by atoms with Crippen LogP contribution in [-0.2, 0) is 4.74 Å². The molecule has 1 N–H and O–H groups in total. The summed E-state index contributed by atoms with van der Waals surface area (Å²) in [5, 5.41) is 9.52. The first-order valence-electron chi connectivity index (χ1n) is 5.07. The van der Waals surface area contributed by atoms with Crippen molar-refractivity contribution in [1.29, 1.82) is 0 Å². The summed E-state index contributed by atoms with van der Waals surface area (Å²) in [6, 6.07) is 7.48. The first kappa shape index (κ1) is 12.0. The largest absolute Gasteiger partial charge is 0.491 e. The average Bonchev–Trinajstić information content (AvgIpc) is 2.26. The zero-order chi connectivity index (χ0) is 11.3. The third kappa shape index (κ3) is 3.53. The Morgan fingerprint density at radius 2 is 1.93 bits per heavy atom. The minimum absolute atomic E-state index is 0.0482. The molecule has 1 rings (SSSR count). The zero-order valence-electron chi connectivity index (χ0n) is 9.43. The van der Waals surface area contributed by atoms with E-state index in [1.807, 2.05) is 31.2 Å². The van der Waals surface area contributed by atoms with Crippen molar-refractivity contribution in [2.45, 2.75) is 26.1 Å². The second-order valence-corrected chi connectivity index (χ2v) is 3.57. The fourth-order valence-electron chi connectivity index (χ4n) is 1.23. The van der Waals surface area contributed by atoms with E-state index < -0.39 is 6.10 Å². The van der Waals surface area contributed by atoms with Crippen LogP contribution in [0.2, 0.25) is 0 Å². The Balaban J connectivity index is 2.67. The van der Waals surface area contributed by atoms with E-state index in [2.05, 4.69) is 0 Å². The average molecular weight is 210 g/mol. The van der Waals surface area contributed by atoms with Gasteiger partial charge in [0.25, 0.3) is 0 Å². The number of para-hydroxylation sites is 1. The van der Waals surface area contributed by atoms with Gasteiger partial charge in [-0.3, -0.25) is 0 Å². The van der Waals surface area contributed by atoms with Crippen LogP contribution in [0.3, 0.4) is 0 Å². The van der Waals surface area contributed by atoms with E-state index in [1.54, 1.807) is 14.0 Å². The molecular weight excluding hydrogens is 192 g/mol. The van der Waals surface area contributed by atoms with Crippen LogP contribution in [0.25, 0.3) is 0 Å². The number of ether oxygens (including phenoxy) is 2. The fourth-order valence-corrected chi connectivity index (χ4v) is 1.23. The van der Waals surface area contributed by atoms with Crippen LogP contribution in [0.5, 0.6) is 5.75 Å². The molecule has 0 aliphatic rings. The first-order valence-corrected chi connectivity index (χ1v) is 5.07. The van der Waals surface area contributed by atoms with Gasteiger partial charge in [-0.1, -0.05) is 18.2 Å². The molecule has 0 heterocycles. The lowest BCUT2D eigenvalue weighted by Crippen LogP contribution is -2.16. The SMILES string of the molecule is COC(C)COc1ccccc1[C@@H](C)O. The maximum Gasteiger partial charge on any atom is 0.125 e. The molecule has 0 amide bonds. The Labute approximate surface area is 90.6 Å². The number of methoxy groups -OCH3 is 1. The lowest BCUT2D eigenvalue weighted by atomic mass is 10.1. The minimum Gasteiger partial charge on any atom is -0.491 e. The third-order valence-electron chi connectivity index (χ3n) is 2.25. The molecule has 0 spiro atoms. The molecule has 0 saturated carbocycles. The van der Waals surface area contributed by atoms with Crippen LogP contribution >= 0.6 is 0 Å². The molecule has 0 aromatic heterocycles. The van der Waals surface area contributed by atoms with Crippen LogP contribution in [0.15, 0.2) is 24.3 Å². The van der Waals surface area contributed by atoms with Gasteiger partial charge in [0.15, 0.2) is 0 Å². The monoisotopic (exact) mass is 210 g/mol. The second kappa shape index (κ2) is 5.73. The molecule has 1 aromatic carbocycles. The van der Waals surface area contributed by atoms with Gasteiger partial charge >= 0.3 is 0 Å². The number of aliphatic hydroxyl groups excluding tert-OH is 1. The molecule has 15 heavy (non-hydrogen) atoms. The van der Waals surface area contributed by atoms with Crippen molar-refractivity contribution in [3.05, 3.63) is 29.8 Å². The predicted molar refractivity (Wildman–Crippen MR) is 59.0 cm³/mol. The summed E-state index contributed by atoms with van der Waals surface area (Å²) >= 11 is 0. The van der Waals surface area contributed by atoms with Crippen LogP contribution in [0.4, 0.5) is 0 Å². The summed E-state index contributed by atoms with van der Waals surface area (Å²) in [6.45, 7) is 4.15. The lowest BCUT2D eigenvalue weighted by Gasteiger charge is -2.15. The highest BCUT2D eigenvalue weighted by molar-refractivity contribution is 5.34. The smallest absolute Gasteiger partial charge is 0.125 e. The fraction of sp³-hybridized carbons (Fsp3) is 0.500. The van der Waals surface area contributed by atoms with Gasteiger partial charge in [0, 0.05) is 12.7 Å². The molecule has 0 radical (unpaired) electrons. The number of hydrogen-bond donors (Lipinski definition) is 1. The molecule has 3 heteroatoms. The topological polar surface area (TPSA) is 38.7 Å². The van der Waals surface area contributed by atoms with Crippen LogP contribution < -0.4 is 4.74 Å². The van der Waals surface area contributed by atoms with Gasteiger partial charge in [-0.15, -0.1) is 0 Å². The number of aliphatic hydroxyl groups is 1. The molecule has 0 aliphatic heterocycles. The molecule has 3 nitrogen and oxygen atoms in total. The number of hydrogen-bond acceptors (Lipinski definition) is 3. The molecule has 0 bridgehead atoms. The van der Waals surface area contributed by atoms with Crippen molar-refractivity contribution in [2.24, 2.45) is 0 Å². The maximum absolute atomic E-state index is 9.52. The Hall–Kier alpha value is -1.06. The quantitative estimate of drug-likeness (QED) is 0.809. The van der Waals surface area contributed by atoms with Crippen molar-refractivity contribution in [1.82, 2.24) is 0 Å². The molecular formula is C12H18O3. The van der Waals surface area contributed by atoms with Crippen molar-refractivity contribution in [2.75, 3.05) is 13.7 Å². The minimum atomic E-state index is -0.515. The van der Waals surface area contributed by atoms with E-state index in [0.717, 1.165) is 11.3 Å². The summed E-state index contributed by atoms with van der Waals surface area (Å²) in [6.07, 6.45) is -0.467. The highest BCUT2D eigenvalue weighted by Crippen LogP contribution is 2.24. The molecule has 84 valence electrons. The zero-order valence-corrected chi connectivity index (χ0v) is 9.43. The van der Waals surface area contributed by atoms with Crippen molar-refractivity contribution >= 4 is 0 Å². The van der Waals surface area contributed by atoms with Crippen molar-refractivity contribution in [3.63, 3.8) is 0 Å². The van der Waals surface area contributed by atoms with E-state index in [0.29, 0.717) is 6.61 Å². The predicted octanol–water partition coefficient (Wildman–Crippen LogP) is 2.15. The Kier molecular flexibility index (Phi) is 4.59. The van der Waals surface area contributed by atoms with Gasteiger partial charge in [-0.25, -0.2) is 0 Å². The summed E-state index contributed by atoms with van der Waals surface area (Å²) in [5.74, 6) is 0.719. The van der Waals surface area contributed by atoms with Crippen LogP contribution in [0, 0.1) is 0 Å². The summed E-state index contributed by atoms with van der Waals surface area (Å²) in [4.78, 5) is 0. The molecule has 2 atom stereocenters. The molecule has 0 aliphatic carbocycles. The second-order valence-electron chi connectivity index (χ2n) is 3.57. The van der Waals surface area contributed by atoms with Gasteiger partial charge in [-0.2, -0.15) is 0 Å².